The molecule has 0 radical (unpaired) electrons. The van der Waals surface area contributed by atoms with Crippen LogP contribution in [0.4, 0.5) is 0 Å². The molecule has 0 saturated heterocycles. The van der Waals surface area contributed by atoms with E-state index in [1.165, 1.54) is 32.6 Å². The minimum atomic E-state index is -0.994. The van der Waals surface area contributed by atoms with Gasteiger partial charge in [-0.15, -0.1) is 0 Å². The molecule has 0 aliphatic rings. The predicted molar refractivity (Wildman–Crippen MR) is 65.2 cm³/mol. The third-order valence-electron chi connectivity index (χ3n) is 2.51. The third kappa shape index (κ3) is 9.97. The number of hydrogen-bond donors (Lipinski definition) is 1. The zero-order chi connectivity index (χ0) is 12.4. The summed E-state index contributed by atoms with van der Waals surface area (Å²) in [5.41, 5.74) is 0. The molecule has 0 amide bonds. The van der Waals surface area contributed by atoms with Crippen molar-refractivity contribution in [3.05, 3.63) is 0 Å². The summed E-state index contributed by atoms with van der Waals surface area (Å²) in [5.74, 6) is 0.284. The van der Waals surface area contributed by atoms with Gasteiger partial charge in [-0.25, -0.2) is 4.79 Å². The van der Waals surface area contributed by atoms with E-state index in [4.69, 9.17) is 9.84 Å². The summed E-state index contributed by atoms with van der Waals surface area (Å²) in [4.78, 5) is 10.9. The van der Waals surface area contributed by atoms with Crippen LogP contribution in [-0.4, -0.2) is 23.8 Å². The van der Waals surface area contributed by atoms with Gasteiger partial charge in [-0.1, -0.05) is 46.0 Å². The molecule has 3 nitrogen and oxygen atoms in total. The van der Waals surface area contributed by atoms with Gasteiger partial charge >= 0.3 is 5.97 Å². The summed E-state index contributed by atoms with van der Waals surface area (Å²) < 4.78 is 4.86. The number of aliphatic hydroxyl groups is 1. The highest BCUT2D eigenvalue weighted by molar-refractivity contribution is 5.73. The van der Waals surface area contributed by atoms with E-state index in [1.807, 2.05) is 0 Å². The molecule has 0 aromatic rings. The van der Waals surface area contributed by atoms with Gasteiger partial charge < -0.3 is 9.84 Å². The molecule has 0 heterocycles. The van der Waals surface area contributed by atoms with Crippen molar-refractivity contribution >= 4 is 5.97 Å². The van der Waals surface area contributed by atoms with E-state index in [0.29, 0.717) is 6.61 Å². The van der Waals surface area contributed by atoms with E-state index >= 15 is 0 Å². The normalized spacial score (nSPS) is 12.8. The molecule has 0 aliphatic heterocycles. The molecule has 0 fully saturated rings. The maximum atomic E-state index is 10.9. The number of esters is 1. The Morgan fingerprint density at radius 2 is 1.62 bits per heavy atom. The Hall–Kier alpha value is -0.570. The van der Waals surface area contributed by atoms with Crippen molar-refractivity contribution in [2.45, 2.75) is 65.4 Å². The van der Waals surface area contributed by atoms with E-state index in [2.05, 4.69) is 13.8 Å². The molecule has 0 aromatic heterocycles. The molecular formula is C13H26O3. The van der Waals surface area contributed by atoms with Crippen LogP contribution in [-0.2, 0) is 9.53 Å². The quantitative estimate of drug-likeness (QED) is 0.489. The third-order valence-corrected chi connectivity index (χ3v) is 2.51. The van der Waals surface area contributed by atoms with Crippen LogP contribution in [0.1, 0.15) is 59.3 Å². The Labute approximate surface area is 99.2 Å². The number of unbranched alkanes of at least 4 members (excludes halogenated alkanes) is 4. The summed E-state index contributed by atoms with van der Waals surface area (Å²) in [7, 11) is 0. The van der Waals surface area contributed by atoms with Crippen LogP contribution < -0.4 is 0 Å². The number of ether oxygens (including phenoxy) is 1. The van der Waals surface area contributed by atoms with Crippen molar-refractivity contribution < 1.29 is 14.6 Å². The minimum Gasteiger partial charge on any atom is -0.464 e. The first-order chi connectivity index (χ1) is 7.54. The Morgan fingerprint density at radius 3 is 2.19 bits per heavy atom. The highest BCUT2D eigenvalue weighted by atomic mass is 16.5. The average molecular weight is 230 g/mol. The van der Waals surface area contributed by atoms with Gasteiger partial charge in [-0.3, -0.25) is 0 Å². The van der Waals surface area contributed by atoms with Crippen LogP contribution in [0.2, 0.25) is 0 Å². The fourth-order valence-electron chi connectivity index (χ4n) is 1.48. The van der Waals surface area contributed by atoms with E-state index in [9.17, 15) is 4.79 Å². The first kappa shape index (κ1) is 15.4. The minimum absolute atomic E-state index is 0.438. The lowest BCUT2D eigenvalue weighted by Crippen LogP contribution is -2.19. The second kappa shape index (κ2) is 9.64. The van der Waals surface area contributed by atoms with Crippen LogP contribution in [0.15, 0.2) is 0 Å². The van der Waals surface area contributed by atoms with Gasteiger partial charge in [-0.05, 0) is 19.3 Å². The maximum absolute atomic E-state index is 10.9. The van der Waals surface area contributed by atoms with Gasteiger partial charge in [-0.2, -0.15) is 0 Å². The Balaban J connectivity index is 3.13. The monoisotopic (exact) mass is 230 g/mol. The smallest absolute Gasteiger partial charge is 0.334 e. The summed E-state index contributed by atoms with van der Waals surface area (Å²) in [6.07, 6.45) is 6.08. The van der Waals surface area contributed by atoms with Crippen molar-refractivity contribution in [2.75, 3.05) is 6.61 Å². The summed E-state index contributed by atoms with van der Waals surface area (Å²) >= 11 is 0. The van der Waals surface area contributed by atoms with Gasteiger partial charge in [0, 0.05) is 0 Å². The molecule has 16 heavy (non-hydrogen) atoms. The Morgan fingerprint density at radius 1 is 1.06 bits per heavy atom. The molecular weight excluding hydrogens is 204 g/mol. The topological polar surface area (TPSA) is 46.5 Å². The number of aliphatic hydroxyl groups excluding tert-OH is 1. The highest BCUT2D eigenvalue weighted by Gasteiger charge is 2.08. The largest absolute Gasteiger partial charge is 0.464 e. The summed E-state index contributed by atoms with van der Waals surface area (Å²) in [6, 6.07) is 0. The SMILES string of the molecule is CC(C)CCCCCCCOC(=O)C(C)O. The lowest BCUT2D eigenvalue weighted by Gasteiger charge is -2.06. The van der Waals surface area contributed by atoms with Gasteiger partial charge in [0.2, 0.25) is 0 Å². The number of rotatable bonds is 9. The standard InChI is InChI=1S/C13H26O3/c1-11(2)9-7-5-4-6-8-10-16-13(15)12(3)14/h11-12,14H,4-10H2,1-3H3. The molecule has 1 atom stereocenters. The maximum Gasteiger partial charge on any atom is 0.334 e. The molecule has 0 saturated carbocycles. The van der Waals surface area contributed by atoms with Crippen LogP contribution >= 0.6 is 0 Å². The van der Waals surface area contributed by atoms with Crippen LogP contribution in [0.5, 0.6) is 0 Å². The van der Waals surface area contributed by atoms with E-state index in [-0.39, 0.29) is 0 Å². The molecule has 0 aromatic carbocycles. The van der Waals surface area contributed by atoms with Crippen molar-refractivity contribution in [3.63, 3.8) is 0 Å². The fourth-order valence-corrected chi connectivity index (χ4v) is 1.48. The van der Waals surface area contributed by atoms with Crippen molar-refractivity contribution in [2.24, 2.45) is 5.92 Å². The van der Waals surface area contributed by atoms with Crippen molar-refractivity contribution in [3.8, 4) is 0 Å². The molecule has 1 unspecified atom stereocenters. The molecule has 0 spiro atoms. The van der Waals surface area contributed by atoms with Crippen LogP contribution in [0.25, 0.3) is 0 Å². The Kier molecular flexibility index (Phi) is 9.30. The first-order valence-corrected chi connectivity index (χ1v) is 6.38. The number of carbonyl (C=O) groups excluding carboxylic acids is 1. The zero-order valence-electron chi connectivity index (χ0n) is 10.9. The molecule has 3 heteroatoms. The molecule has 0 bridgehead atoms. The summed E-state index contributed by atoms with van der Waals surface area (Å²) in [5, 5.41) is 8.87. The van der Waals surface area contributed by atoms with Gasteiger partial charge in [0.25, 0.3) is 0 Å². The highest BCUT2D eigenvalue weighted by Crippen LogP contribution is 2.10. The summed E-state index contributed by atoms with van der Waals surface area (Å²) in [6.45, 7) is 6.35. The van der Waals surface area contributed by atoms with E-state index in [1.54, 1.807) is 0 Å². The van der Waals surface area contributed by atoms with E-state index < -0.39 is 12.1 Å². The van der Waals surface area contributed by atoms with Crippen molar-refractivity contribution in [1.82, 2.24) is 0 Å². The zero-order valence-corrected chi connectivity index (χ0v) is 10.9. The lowest BCUT2D eigenvalue weighted by molar-refractivity contribution is -0.152. The van der Waals surface area contributed by atoms with Crippen LogP contribution in [0.3, 0.4) is 0 Å². The second-order valence-electron chi connectivity index (χ2n) is 4.79. The molecule has 96 valence electrons. The fraction of sp³-hybridized carbons (Fsp3) is 0.923. The first-order valence-electron chi connectivity index (χ1n) is 6.38. The van der Waals surface area contributed by atoms with Gasteiger partial charge in [0.1, 0.15) is 6.10 Å². The predicted octanol–water partition coefficient (Wildman–Crippen LogP) is 2.91. The molecule has 0 rings (SSSR count). The molecule has 1 N–H and O–H groups in total. The number of hydrogen-bond acceptors (Lipinski definition) is 3. The number of carbonyl (C=O) groups is 1. The van der Waals surface area contributed by atoms with Gasteiger partial charge in [0.05, 0.1) is 6.61 Å². The van der Waals surface area contributed by atoms with Crippen molar-refractivity contribution in [1.29, 1.82) is 0 Å². The average Bonchev–Trinajstić information content (AvgIpc) is 2.21. The van der Waals surface area contributed by atoms with Gasteiger partial charge in [0.15, 0.2) is 0 Å². The Bertz CT molecular complexity index is 176. The second-order valence-corrected chi connectivity index (χ2v) is 4.79. The lowest BCUT2D eigenvalue weighted by atomic mass is 10.0. The molecule has 0 aliphatic carbocycles. The van der Waals surface area contributed by atoms with E-state index in [0.717, 1.165) is 18.8 Å². The van der Waals surface area contributed by atoms with Crippen LogP contribution in [0, 0.1) is 5.92 Å².